The first-order valence-corrected chi connectivity index (χ1v) is 9.87. The molecule has 5 aliphatic rings. The number of esters is 1. The minimum Gasteiger partial charge on any atom is -0.469 e. The highest BCUT2D eigenvalue weighted by atomic mass is 16.8. The molecule has 3 saturated heterocycles. The first-order chi connectivity index (χ1) is 12.1. The molecule has 2 saturated carbocycles. The molecule has 0 N–H and O–H groups in total. The standard InChI is InChI=1S/C19H28O6/c1-21-16(20)9-12-5-6-15-18(23-12)10-13(22-15)17-14(11-18)24-19(25-17)7-3-2-4-8-19/h12-15,17H,2-11H2,1H3/t12?,13?,14-,15?,17+,18-/m1/s1. The summed E-state index contributed by atoms with van der Waals surface area (Å²) in [5.74, 6) is -0.584. The van der Waals surface area contributed by atoms with Gasteiger partial charge in [-0.2, -0.15) is 0 Å². The average Bonchev–Trinajstić information content (AvgIpc) is 3.11. The van der Waals surface area contributed by atoms with Crippen molar-refractivity contribution in [1.82, 2.24) is 0 Å². The van der Waals surface area contributed by atoms with E-state index in [1.807, 2.05) is 0 Å². The van der Waals surface area contributed by atoms with Crippen LogP contribution in [0.2, 0.25) is 0 Å². The van der Waals surface area contributed by atoms with Crippen LogP contribution in [0.3, 0.4) is 0 Å². The van der Waals surface area contributed by atoms with E-state index in [-0.39, 0.29) is 47.9 Å². The van der Waals surface area contributed by atoms with Gasteiger partial charge in [0, 0.05) is 25.7 Å². The summed E-state index contributed by atoms with van der Waals surface area (Å²) in [6.45, 7) is 0. The molecule has 6 atom stereocenters. The van der Waals surface area contributed by atoms with Crippen molar-refractivity contribution in [3.8, 4) is 0 Å². The SMILES string of the molecule is COC(=O)CC1CCC2OC3C[C@]2(C[C@H]2OC4(CCCCC4)O[C@@H]32)O1. The van der Waals surface area contributed by atoms with Crippen molar-refractivity contribution in [2.75, 3.05) is 7.11 Å². The maximum atomic E-state index is 11.6. The lowest BCUT2D eigenvalue weighted by atomic mass is 9.76. The Morgan fingerprint density at radius 1 is 1.04 bits per heavy atom. The third kappa shape index (κ3) is 2.64. The van der Waals surface area contributed by atoms with E-state index in [1.54, 1.807) is 0 Å². The normalized spacial score (nSPS) is 47.3. The highest BCUT2D eigenvalue weighted by molar-refractivity contribution is 5.69. The third-order valence-corrected chi connectivity index (χ3v) is 6.86. The summed E-state index contributed by atoms with van der Waals surface area (Å²) < 4.78 is 30.6. The number of carbonyl (C=O) groups is 1. The van der Waals surface area contributed by atoms with E-state index >= 15 is 0 Å². The molecule has 6 nitrogen and oxygen atoms in total. The summed E-state index contributed by atoms with van der Waals surface area (Å²) in [6, 6.07) is 0. The second kappa shape index (κ2) is 5.91. The molecule has 0 aromatic rings. The lowest BCUT2D eigenvalue weighted by Gasteiger charge is -2.44. The van der Waals surface area contributed by atoms with Crippen molar-refractivity contribution in [1.29, 1.82) is 0 Å². The molecule has 3 unspecified atom stereocenters. The molecule has 0 radical (unpaired) electrons. The number of hydrogen-bond donors (Lipinski definition) is 0. The Bertz CT molecular complexity index is 544. The highest BCUT2D eigenvalue weighted by Gasteiger charge is 2.65. The van der Waals surface area contributed by atoms with E-state index in [2.05, 4.69) is 0 Å². The number of rotatable bonds is 2. The fourth-order valence-electron chi connectivity index (χ4n) is 5.74. The second-order valence-corrected chi connectivity index (χ2v) is 8.44. The second-order valence-electron chi connectivity index (χ2n) is 8.44. The summed E-state index contributed by atoms with van der Waals surface area (Å²) in [7, 11) is 1.43. The minimum absolute atomic E-state index is 0.0389. The summed E-state index contributed by atoms with van der Waals surface area (Å²) in [6.07, 6.45) is 9.57. The van der Waals surface area contributed by atoms with Crippen molar-refractivity contribution in [3.63, 3.8) is 0 Å². The molecule has 0 aromatic heterocycles. The van der Waals surface area contributed by atoms with E-state index < -0.39 is 0 Å². The van der Waals surface area contributed by atoms with Crippen LogP contribution in [-0.2, 0) is 28.5 Å². The molecule has 140 valence electrons. The van der Waals surface area contributed by atoms with Crippen LogP contribution >= 0.6 is 0 Å². The molecule has 2 aliphatic carbocycles. The molecule has 6 heteroatoms. The topological polar surface area (TPSA) is 63.2 Å². The first-order valence-electron chi connectivity index (χ1n) is 9.87. The maximum Gasteiger partial charge on any atom is 0.308 e. The third-order valence-electron chi connectivity index (χ3n) is 6.86. The molecule has 5 rings (SSSR count). The van der Waals surface area contributed by atoms with Crippen LogP contribution in [0.25, 0.3) is 0 Å². The molecule has 2 spiro atoms. The predicted octanol–water partition coefficient (Wildman–Crippen LogP) is 2.47. The van der Waals surface area contributed by atoms with Gasteiger partial charge in [0.1, 0.15) is 6.10 Å². The van der Waals surface area contributed by atoms with Gasteiger partial charge >= 0.3 is 5.97 Å². The van der Waals surface area contributed by atoms with Gasteiger partial charge in [0.2, 0.25) is 0 Å². The maximum absolute atomic E-state index is 11.6. The molecule has 3 aliphatic heterocycles. The first kappa shape index (κ1) is 16.5. The van der Waals surface area contributed by atoms with Crippen molar-refractivity contribution in [2.45, 2.75) is 106 Å². The number of methoxy groups -OCH3 is 1. The zero-order valence-corrected chi connectivity index (χ0v) is 14.9. The molecule has 0 aromatic carbocycles. The van der Waals surface area contributed by atoms with E-state index in [4.69, 9.17) is 23.7 Å². The van der Waals surface area contributed by atoms with Gasteiger partial charge in [-0.05, 0) is 25.7 Å². The van der Waals surface area contributed by atoms with Crippen LogP contribution in [0.4, 0.5) is 0 Å². The predicted molar refractivity (Wildman–Crippen MR) is 86.9 cm³/mol. The van der Waals surface area contributed by atoms with Crippen LogP contribution in [0.15, 0.2) is 0 Å². The molecule has 25 heavy (non-hydrogen) atoms. The Kier molecular flexibility index (Phi) is 3.90. The van der Waals surface area contributed by atoms with E-state index in [0.717, 1.165) is 38.5 Å². The van der Waals surface area contributed by atoms with Gasteiger partial charge in [0.05, 0.1) is 43.5 Å². The summed E-state index contributed by atoms with van der Waals surface area (Å²) in [5, 5.41) is 0. The Morgan fingerprint density at radius 3 is 2.64 bits per heavy atom. The number of carbonyl (C=O) groups excluding carboxylic acids is 1. The number of fused-ring (bicyclic) bond motifs is 3. The van der Waals surface area contributed by atoms with Crippen LogP contribution in [0.1, 0.15) is 64.2 Å². The van der Waals surface area contributed by atoms with Crippen LogP contribution in [-0.4, -0.2) is 55.0 Å². The number of ether oxygens (including phenoxy) is 5. The van der Waals surface area contributed by atoms with Gasteiger partial charge in [0.15, 0.2) is 5.79 Å². The number of hydrogen-bond acceptors (Lipinski definition) is 6. The zero-order valence-electron chi connectivity index (χ0n) is 14.9. The van der Waals surface area contributed by atoms with Crippen LogP contribution in [0, 0.1) is 0 Å². The Hall–Kier alpha value is -0.690. The van der Waals surface area contributed by atoms with Crippen molar-refractivity contribution in [2.24, 2.45) is 0 Å². The van der Waals surface area contributed by atoms with Gasteiger partial charge in [-0.3, -0.25) is 4.79 Å². The van der Waals surface area contributed by atoms with Gasteiger partial charge in [0.25, 0.3) is 0 Å². The molecular formula is C19H28O6. The Morgan fingerprint density at radius 2 is 1.84 bits per heavy atom. The van der Waals surface area contributed by atoms with Crippen LogP contribution in [0.5, 0.6) is 0 Å². The van der Waals surface area contributed by atoms with E-state index in [0.29, 0.717) is 6.42 Å². The molecule has 5 fully saturated rings. The van der Waals surface area contributed by atoms with Crippen molar-refractivity contribution >= 4 is 5.97 Å². The average molecular weight is 352 g/mol. The smallest absolute Gasteiger partial charge is 0.308 e. The largest absolute Gasteiger partial charge is 0.469 e. The summed E-state index contributed by atoms with van der Waals surface area (Å²) >= 11 is 0. The van der Waals surface area contributed by atoms with E-state index in [1.165, 1.54) is 26.4 Å². The fourth-order valence-corrected chi connectivity index (χ4v) is 5.74. The Balaban J connectivity index is 1.33. The minimum atomic E-state index is -0.381. The van der Waals surface area contributed by atoms with Crippen molar-refractivity contribution < 1.29 is 28.5 Å². The lowest BCUT2D eigenvalue weighted by molar-refractivity contribution is -0.216. The highest BCUT2D eigenvalue weighted by Crippen LogP contribution is 2.55. The van der Waals surface area contributed by atoms with Crippen molar-refractivity contribution in [3.05, 3.63) is 0 Å². The van der Waals surface area contributed by atoms with Gasteiger partial charge in [-0.25, -0.2) is 0 Å². The molecule has 3 heterocycles. The molecule has 0 amide bonds. The Labute approximate surface area is 148 Å². The van der Waals surface area contributed by atoms with Gasteiger partial charge in [-0.1, -0.05) is 6.42 Å². The molecular weight excluding hydrogens is 324 g/mol. The molecule has 2 bridgehead atoms. The van der Waals surface area contributed by atoms with E-state index in [9.17, 15) is 4.79 Å². The van der Waals surface area contributed by atoms with Gasteiger partial charge in [-0.15, -0.1) is 0 Å². The lowest BCUT2D eigenvalue weighted by Crippen LogP contribution is -2.54. The zero-order chi connectivity index (χ0) is 17.1. The monoisotopic (exact) mass is 352 g/mol. The summed E-state index contributed by atoms with van der Waals surface area (Å²) in [5.41, 5.74) is -0.313. The quantitative estimate of drug-likeness (QED) is 0.712. The summed E-state index contributed by atoms with van der Waals surface area (Å²) in [4.78, 5) is 11.6. The van der Waals surface area contributed by atoms with Crippen LogP contribution < -0.4 is 0 Å². The fraction of sp³-hybridized carbons (Fsp3) is 0.947. The van der Waals surface area contributed by atoms with Gasteiger partial charge < -0.3 is 23.7 Å².